The normalized spacial score (nSPS) is 19.0. The van der Waals surface area contributed by atoms with E-state index in [1.165, 1.54) is 0 Å². The smallest absolute Gasteiger partial charge is 0.314 e. The number of nitrogens with one attached hydrogen (secondary N) is 1. The molecule has 1 saturated heterocycles. The largest absolute Gasteiger partial charge is 0.416 e. The second-order valence-corrected chi connectivity index (χ2v) is 7.32. The summed E-state index contributed by atoms with van der Waals surface area (Å²) in [5.41, 5.74) is -1.34. The van der Waals surface area contributed by atoms with Crippen LogP contribution in [0.4, 0.5) is 17.6 Å². The van der Waals surface area contributed by atoms with E-state index in [0.29, 0.717) is 19.2 Å². The highest BCUT2D eigenvalue weighted by Crippen LogP contribution is 2.43. The van der Waals surface area contributed by atoms with E-state index in [9.17, 15) is 17.6 Å². The maximum atomic E-state index is 14.6. The zero-order valence-electron chi connectivity index (χ0n) is 13.4. The highest BCUT2D eigenvalue weighted by molar-refractivity contribution is 6.30. The minimum absolute atomic E-state index is 0.0132. The van der Waals surface area contributed by atoms with Crippen molar-refractivity contribution in [3.8, 4) is 0 Å². The molecule has 1 N–H and O–H groups in total. The molecule has 23 heavy (non-hydrogen) atoms. The van der Waals surface area contributed by atoms with Crippen LogP contribution in [-0.4, -0.2) is 31.1 Å². The molecule has 1 aromatic carbocycles. The minimum atomic E-state index is -4.56. The van der Waals surface area contributed by atoms with Crippen molar-refractivity contribution in [3.05, 3.63) is 34.1 Å². The summed E-state index contributed by atoms with van der Waals surface area (Å²) < 4.78 is 53.8. The van der Waals surface area contributed by atoms with Crippen molar-refractivity contribution in [1.82, 2.24) is 10.2 Å². The van der Waals surface area contributed by atoms with Crippen LogP contribution < -0.4 is 5.32 Å². The third-order valence-corrected chi connectivity index (χ3v) is 4.29. The average Bonchev–Trinajstić information content (AvgIpc) is 2.42. The van der Waals surface area contributed by atoms with Gasteiger partial charge in [0.05, 0.1) is 10.6 Å². The minimum Gasteiger partial charge on any atom is -0.314 e. The SMILES string of the molecule is CC(C)(C)[C@@H](c1cc(C(F)(F)F)cc(Cl)c1F)N1CCNCC1. The van der Waals surface area contributed by atoms with Gasteiger partial charge in [0, 0.05) is 37.8 Å². The van der Waals surface area contributed by atoms with E-state index in [-0.39, 0.29) is 5.56 Å². The molecular weight excluding hydrogens is 332 g/mol. The van der Waals surface area contributed by atoms with Gasteiger partial charge in [-0.25, -0.2) is 4.39 Å². The standard InChI is InChI=1S/C16H21ClF4N2/c1-15(2,3)14(23-6-4-22-5-7-23)11-8-10(16(19,20)21)9-12(17)13(11)18/h8-9,14,22H,4-7H2,1-3H3/t14-/m1/s1. The summed E-state index contributed by atoms with van der Waals surface area (Å²) >= 11 is 5.75. The third kappa shape index (κ3) is 4.17. The Balaban J connectivity index is 2.55. The molecule has 2 rings (SSSR count). The number of hydrogen-bond donors (Lipinski definition) is 1. The van der Waals surface area contributed by atoms with Crippen LogP contribution in [0, 0.1) is 11.2 Å². The maximum Gasteiger partial charge on any atom is 0.416 e. The number of benzene rings is 1. The Bertz CT molecular complexity index is 560. The van der Waals surface area contributed by atoms with Gasteiger partial charge in [0.25, 0.3) is 0 Å². The molecule has 0 radical (unpaired) electrons. The second-order valence-electron chi connectivity index (χ2n) is 6.91. The monoisotopic (exact) mass is 352 g/mol. The second kappa shape index (κ2) is 6.57. The molecule has 0 unspecified atom stereocenters. The summed E-state index contributed by atoms with van der Waals surface area (Å²) in [7, 11) is 0. The Morgan fingerprint density at radius 2 is 1.70 bits per heavy atom. The van der Waals surface area contributed by atoms with Crippen LogP contribution in [-0.2, 0) is 6.18 Å². The van der Waals surface area contributed by atoms with Crippen LogP contribution in [0.25, 0.3) is 0 Å². The van der Waals surface area contributed by atoms with Crippen molar-refractivity contribution < 1.29 is 17.6 Å². The number of halogens is 5. The van der Waals surface area contributed by atoms with Crippen LogP contribution in [0.15, 0.2) is 12.1 Å². The Labute approximate surface area is 138 Å². The van der Waals surface area contributed by atoms with Gasteiger partial charge in [0.15, 0.2) is 0 Å². The summed E-state index contributed by atoms with van der Waals surface area (Å²) in [6, 6.07) is 1.07. The molecule has 1 heterocycles. The fraction of sp³-hybridized carbons (Fsp3) is 0.625. The van der Waals surface area contributed by atoms with Crippen molar-refractivity contribution in [2.45, 2.75) is 33.0 Å². The lowest BCUT2D eigenvalue weighted by Crippen LogP contribution is -2.48. The Morgan fingerprint density at radius 1 is 1.13 bits per heavy atom. The molecule has 0 aliphatic carbocycles. The van der Waals surface area contributed by atoms with Crippen LogP contribution in [0.1, 0.15) is 37.9 Å². The fourth-order valence-corrected chi connectivity index (χ4v) is 3.35. The van der Waals surface area contributed by atoms with Crippen molar-refractivity contribution in [3.63, 3.8) is 0 Å². The van der Waals surface area contributed by atoms with Crippen molar-refractivity contribution in [1.29, 1.82) is 0 Å². The van der Waals surface area contributed by atoms with Crippen LogP contribution in [0.5, 0.6) is 0 Å². The van der Waals surface area contributed by atoms with Crippen molar-refractivity contribution in [2.24, 2.45) is 5.41 Å². The third-order valence-electron chi connectivity index (χ3n) is 4.02. The number of hydrogen-bond acceptors (Lipinski definition) is 2. The van der Waals surface area contributed by atoms with E-state index in [1.54, 1.807) is 0 Å². The molecule has 0 aromatic heterocycles. The first-order valence-electron chi connectivity index (χ1n) is 7.52. The first-order valence-corrected chi connectivity index (χ1v) is 7.90. The number of rotatable bonds is 2. The lowest BCUT2D eigenvalue weighted by molar-refractivity contribution is -0.137. The topological polar surface area (TPSA) is 15.3 Å². The predicted octanol–water partition coefficient (Wildman–Crippen LogP) is 4.49. The van der Waals surface area contributed by atoms with Crippen LogP contribution in [0.2, 0.25) is 5.02 Å². The van der Waals surface area contributed by atoms with Gasteiger partial charge in [-0.3, -0.25) is 4.90 Å². The molecule has 0 amide bonds. The lowest BCUT2D eigenvalue weighted by Gasteiger charge is -2.43. The van der Waals surface area contributed by atoms with Gasteiger partial charge >= 0.3 is 6.18 Å². The zero-order chi connectivity index (χ0) is 17.4. The van der Waals surface area contributed by atoms with E-state index >= 15 is 0 Å². The lowest BCUT2D eigenvalue weighted by atomic mass is 9.80. The zero-order valence-corrected chi connectivity index (χ0v) is 14.2. The first kappa shape index (κ1) is 18.5. The molecule has 1 aliphatic heterocycles. The van der Waals surface area contributed by atoms with E-state index in [1.807, 2.05) is 25.7 Å². The molecule has 0 bridgehead atoms. The summed E-state index contributed by atoms with van der Waals surface area (Å²) in [6.07, 6.45) is -4.56. The van der Waals surface area contributed by atoms with Gasteiger partial charge in [-0.1, -0.05) is 32.4 Å². The van der Waals surface area contributed by atoms with Crippen LogP contribution in [0.3, 0.4) is 0 Å². The summed E-state index contributed by atoms with van der Waals surface area (Å²) in [4.78, 5) is 2.02. The Hall–Kier alpha value is -0.850. The van der Waals surface area contributed by atoms with Gasteiger partial charge in [0.2, 0.25) is 0 Å². The molecule has 1 aromatic rings. The molecule has 130 valence electrons. The summed E-state index contributed by atoms with van der Waals surface area (Å²) in [6.45, 7) is 8.43. The molecule has 1 aliphatic rings. The van der Waals surface area contributed by atoms with Gasteiger partial charge in [-0.05, 0) is 17.5 Å². The van der Waals surface area contributed by atoms with Crippen LogP contribution >= 0.6 is 11.6 Å². The van der Waals surface area contributed by atoms with Crippen molar-refractivity contribution >= 4 is 11.6 Å². The maximum absolute atomic E-state index is 14.6. The van der Waals surface area contributed by atoms with Gasteiger partial charge in [-0.15, -0.1) is 0 Å². The van der Waals surface area contributed by atoms with E-state index in [4.69, 9.17) is 11.6 Å². The first-order chi connectivity index (χ1) is 10.5. The number of nitrogens with zero attached hydrogens (tertiary/aromatic N) is 1. The highest BCUT2D eigenvalue weighted by Gasteiger charge is 2.38. The Kier molecular flexibility index (Phi) is 5.28. The average molecular weight is 353 g/mol. The van der Waals surface area contributed by atoms with E-state index in [0.717, 1.165) is 19.2 Å². The molecule has 7 heteroatoms. The molecule has 0 saturated carbocycles. The summed E-state index contributed by atoms with van der Waals surface area (Å²) in [5.74, 6) is -0.766. The number of piperazine rings is 1. The van der Waals surface area contributed by atoms with E-state index < -0.39 is 34.0 Å². The molecule has 2 nitrogen and oxygen atoms in total. The molecule has 1 fully saturated rings. The fourth-order valence-electron chi connectivity index (χ4n) is 3.12. The summed E-state index contributed by atoms with van der Waals surface area (Å²) in [5, 5.41) is 2.71. The van der Waals surface area contributed by atoms with Gasteiger partial charge < -0.3 is 5.32 Å². The highest BCUT2D eigenvalue weighted by atomic mass is 35.5. The quantitative estimate of drug-likeness (QED) is 0.789. The number of alkyl halides is 3. The molecular formula is C16H21ClF4N2. The van der Waals surface area contributed by atoms with E-state index in [2.05, 4.69) is 5.32 Å². The van der Waals surface area contributed by atoms with Crippen molar-refractivity contribution in [2.75, 3.05) is 26.2 Å². The molecule has 0 spiro atoms. The van der Waals surface area contributed by atoms with Gasteiger partial charge in [0.1, 0.15) is 5.82 Å². The predicted molar refractivity (Wildman–Crippen MR) is 83.1 cm³/mol. The van der Waals surface area contributed by atoms with Gasteiger partial charge in [-0.2, -0.15) is 13.2 Å². The Morgan fingerprint density at radius 3 is 2.17 bits per heavy atom. The molecule has 1 atom stereocenters.